The number of aromatic nitrogens is 2. The molecule has 3 aromatic rings. The molecule has 0 saturated carbocycles. The molecule has 0 fully saturated rings. The monoisotopic (exact) mass is 458 g/mol. The van der Waals surface area contributed by atoms with E-state index in [2.05, 4.69) is 15.3 Å². The molecule has 0 saturated heterocycles. The number of nitrogens with zero attached hydrogens (tertiary/aromatic N) is 2. The number of nitrogens with one attached hydrogen (secondary N) is 2. The molecule has 1 aromatic heterocycles. The predicted molar refractivity (Wildman–Crippen MR) is 130 cm³/mol. The number of aromatic hydroxyl groups is 1. The molecule has 0 spiro atoms. The number of hydrogen-bond acceptors (Lipinski definition) is 5. The zero-order chi connectivity index (χ0) is 24.4. The van der Waals surface area contributed by atoms with Gasteiger partial charge in [0.2, 0.25) is 11.8 Å². The summed E-state index contributed by atoms with van der Waals surface area (Å²) in [6.45, 7) is 5.96. The van der Waals surface area contributed by atoms with E-state index < -0.39 is 17.1 Å². The smallest absolute Gasteiger partial charge is 0.335 e. The van der Waals surface area contributed by atoms with Crippen LogP contribution in [-0.2, 0) is 4.79 Å². The van der Waals surface area contributed by atoms with Crippen LogP contribution >= 0.6 is 0 Å². The first kappa shape index (κ1) is 23.0. The second kappa shape index (κ2) is 9.35. The number of benzene rings is 2. The van der Waals surface area contributed by atoms with Crippen LogP contribution in [0.2, 0.25) is 0 Å². The normalized spacial score (nSPS) is 13.6. The fourth-order valence-corrected chi connectivity index (χ4v) is 4.08. The summed E-state index contributed by atoms with van der Waals surface area (Å²) < 4.78 is 1.09. The lowest BCUT2D eigenvalue weighted by molar-refractivity contribution is -0.120. The molecular weight excluding hydrogens is 432 g/mol. The summed E-state index contributed by atoms with van der Waals surface area (Å²) in [6, 6.07) is 13.0. The first-order valence-corrected chi connectivity index (χ1v) is 11.1. The molecule has 0 atom stereocenters. The Morgan fingerprint density at radius 2 is 1.94 bits per heavy atom. The summed E-state index contributed by atoms with van der Waals surface area (Å²) in [5, 5.41) is 15.5. The minimum atomic E-state index is -0.727. The average Bonchev–Trinajstić information content (AvgIpc) is 3.15. The highest BCUT2D eigenvalue weighted by Crippen LogP contribution is 2.25. The lowest BCUT2D eigenvalue weighted by Crippen LogP contribution is -2.30. The second-order valence-electron chi connectivity index (χ2n) is 8.21. The van der Waals surface area contributed by atoms with E-state index in [-0.39, 0.29) is 11.5 Å². The van der Waals surface area contributed by atoms with E-state index in [0.29, 0.717) is 30.8 Å². The number of hydrogen-bond donors (Lipinski definition) is 3. The van der Waals surface area contributed by atoms with E-state index >= 15 is 0 Å². The highest BCUT2D eigenvalue weighted by Gasteiger charge is 2.19. The van der Waals surface area contributed by atoms with Crippen LogP contribution in [0.15, 0.2) is 62.7 Å². The van der Waals surface area contributed by atoms with E-state index in [0.717, 1.165) is 31.8 Å². The Bertz CT molecular complexity index is 1560. The maximum Gasteiger partial charge on any atom is 0.335 e. The van der Waals surface area contributed by atoms with Gasteiger partial charge in [-0.25, -0.2) is 14.4 Å². The van der Waals surface area contributed by atoms with Crippen LogP contribution in [0.4, 0.5) is 0 Å². The second-order valence-corrected chi connectivity index (χ2v) is 8.21. The van der Waals surface area contributed by atoms with Crippen LogP contribution in [0, 0.1) is 13.8 Å². The lowest BCUT2D eigenvalue weighted by Gasteiger charge is -2.13. The number of aryl methyl sites for hydroxylation is 2. The van der Waals surface area contributed by atoms with Gasteiger partial charge in [0.05, 0.1) is 16.7 Å². The molecule has 3 N–H and O–H groups in total. The molecular formula is C26H26N4O4. The van der Waals surface area contributed by atoms with Gasteiger partial charge in [-0.3, -0.25) is 14.6 Å². The van der Waals surface area contributed by atoms with E-state index in [1.54, 1.807) is 13.0 Å². The number of aromatic amines is 1. The molecule has 1 aliphatic rings. The molecule has 1 aliphatic heterocycles. The molecule has 2 heterocycles. The number of amides is 1. The summed E-state index contributed by atoms with van der Waals surface area (Å²) in [6.07, 6.45) is 2.38. The maximum absolute atomic E-state index is 12.7. The van der Waals surface area contributed by atoms with Crippen molar-refractivity contribution in [2.75, 3.05) is 6.54 Å². The van der Waals surface area contributed by atoms with Gasteiger partial charge in [-0.1, -0.05) is 42.8 Å². The van der Waals surface area contributed by atoms with Crippen molar-refractivity contribution in [2.45, 2.75) is 33.6 Å². The van der Waals surface area contributed by atoms with Crippen molar-refractivity contribution in [3.05, 3.63) is 96.3 Å². The highest BCUT2D eigenvalue weighted by atomic mass is 16.3. The summed E-state index contributed by atoms with van der Waals surface area (Å²) in [4.78, 5) is 44.0. The molecule has 8 nitrogen and oxygen atoms in total. The van der Waals surface area contributed by atoms with Gasteiger partial charge >= 0.3 is 5.69 Å². The van der Waals surface area contributed by atoms with Crippen LogP contribution in [0.25, 0.3) is 17.3 Å². The van der Waals surface area contributed by atoms with Crippen molar-refractivity contribution in [2.24, 2.45) is 4.99 Å². The number of fused-ring (bicyclic) bond motifs is 1. The van der Waals surface area contributed by atoms with Gasteiger partial charge in [0.25, 0.3) is 5.56 Å². The standard InChI is InChI=1S/C26H26N4O4/c1-4-23(31)27-12-11-18-17-7-5-6-8-20(17)28-21(18)14-19-24(32)29-26(34)30(25(19)33)22-10-9-15(2)13-16(22)3/h5-10,13-14,33H,4,11-12H2,1-3H3,(H,27,31)(H,29,32,34). The zero-order valence-corrected chi connectivity index (χ0v) is 19.3. The average molecular weight is 459 g/mol. The Kier molecular flexibility index (Phi) is 6.32. The largest absolute Gasteiger partial charge is 0.494 e. The van der Waals surface area contributed by atoms with E-state index in [4.69, 9.17) is 0 Å². The number of rotatable bonds is 6. The predicted octanol–water partition coefficient (Wildman–Crippen LogP) is 1.59. The summed E-state index contributed by atoms with van der Waals surface area (Å²) >= 11 is 0. The number of allylic oxidation sites excluding steroid dienone is 1. The molecule has 8 heteroatoms. The minimum absolute atomic E-state index is 0.0519. The quantitative estimate of drug-likeness (QED) is 0.520. The van der Waals surface area contributed by atoms with Crippen LogP contribution in [0.5, 0.6) is 5.88 Å². The molecule has 0 aliphatic carbocycles. The Morgan fingerprint density at radius 3 is 2.68 bits per heavy atom. The van der Waals surface area contributed by atoms with E-state index in [1.807, 2.05) is 50.2 Å². The summed E-state index contributed by atoms with van der Waals surface area (Å²) in [7, 11) is 0. The van der Waals surface area contributed by atoms with Crippen molar-refractivity contribution in [1.82, 2.24) is 14.9 Å². The van der Waals surface area contributed by atoms with Crippen molar-refractivity contribution in [1.29, 1.82) is 0 Å². The van der Waals surface area contributed by atoms with Gasteiger partial charge in [0, 0.05) is 18.2 Å². The van der Waals surface area contributed by atoms with Crippen molar-refractivity contribution < 1.29 is 9.90 Å². The van der Waals surface area contributed by atoms with Crippen LogP contribution in [0.3, 0.4) is 0 Å². The molecule has 2 aromatic carbocycles. The Morgan fingerprint density at radius 1 is 1.18 bits per heavy atom. The van der Waals surface area contributed by atoms with Crippen molar-refractivity contribution >= 4 is 17.6 Å². The van der Waals surface area contributed by atoms with Crippen molar-refractivity contribution in [3.8, 4) is 11.6 Å². The molecule has 34 heavy (non-hydrogen) atoms. The summed E-state index contributed by atoms with van der Waals surface area (Å²) in [5.74, 6) is -0.512. The molecule has 1 amide bonds. The summed E-state index contributed by atoms with van der Waals surface area (Å²) in [5.41, 5.74) is 2.10. The van der Waals surface area contributed by atoms with Gasteiger partial charge in [0.1, 0.15) is 5.56 Å². The fraction of sp³-hybridized carbons (Fsp3) is 0.231. The van der Waals surface area contributed by atoms with Crippen LogP contribution in [0.1, 0.15) is 36.5 Å². The maximum atomic E-state index is 12.7. The third kappa shape index (κ3) is 4.34. The first-order chi connectivity index (χ1) is 16.3. The van der Waals surface area contributed by atoms with Crippen molar-refractivity contribution in [3.63, 3.8) is 0 Å². The Hall–Kier alpha value is -4.20. The van der Waals surface area contributed by atoms with E-state index in [9.17, 15) is 19.5 Å². The van der Waals surface area contributed by atoms with E-state index in [1.165, 1.54) is 6.08 Å². The third-order valence-electron chi connectivity index (χ3n) is 5.79. The third-order valence-corrected chi connectivity index (χ3v) is 5.79. The number of carbonyl (C=O) groups is 1. The number of carbonyl (C=O) groups excluding carboxylic acids is 1. The minimum Gasteiger partial charge on any atom is -0.494 e. The lowest BCUT2D eigenvalue weighted by atomic mass is 10.1. The van der Waals surface area contributed by atoms with Gasteiger partial charge in [-0.2, -0.15) is 0 Å². The molecule has 0 unspecified atom stereocenters. The van der Waals surface area contributed by atoms with Crippen LogP contribution in [-0.4, -0.2) is 27.1 Å². The van der Waals surface area contributed by atoms with Gasteiger partial charge in [-0.05, 0) is 49.6 Å². The topological polar surface area (TPSA) is 117 Å². The fourth-order valence-electron chi connectivity index (χ4n) is 4.08. The molecule has 4 rings (SSSR count). The first-order valence-electron chi connectivity index (χ1n) is 11.1. The van der Waals surface area contributed by atoms with Gasteiger partial charge in [-0.15, -0.1) is 0 Å². The Labute approximate surface area is 195 Å². The van der Waals surface area contributed by atoms with Gasteiger partial charge in [0.15, 0.2) is 0 Å². The Balaban J connectivity index is 1.85. The molecule has 174 valence electrons. The number of para-hydroxylation sites is 1. The highest BCUT2D eigenvalue weighted by molar-refractivity contribution is 5.78. The zero-order valence-electron chi connectivity index (χ0n) is 19.3. The van der Waals surface area contributed by atoms with Crippen LogP contribution < -0.4 is 27.1 Å². The van der Waals surface area contributed by atoms with Gasteiger partial charge < -0.3 is 10.4 Å². The number of H-pyrrole nitrogens is 1. The molecule has 0 bridgehead atoms. The SMILES string of the molecule is CCC(=O)NCCC1=c2ccccc2=NC1=Cc1c(O)n(-c2ccc(C)cc2C)c(=O)[nH]c1=O. The molecule has 0 radical (unpaired) electrons.